The van der Waals surface area contributed by atoms with Crippen molar-refractivity contribution in [2.75, 3.05) is 18.7 Å². The second kappa shape index (κ2) is 6.94. The molecule has 1 aliphatic heterocycles. The van der Waals surface area contributed by atoms with E-state index >= 15 is 0 Å². The highest BCUT2D eigenvalue weighted by Crippen LogP contribution is 2.35. The number of ether oxygens (including phenoxy) is 3. The van der Waals surface area contributed by atoms with Gasteiger partial charge in [-0.25, -0.2) is 14.6 Å². The summed E-state index contributed by atoms with van der Waals surface area (Å²) >= 11 is 0. The first-order valence-electron chi connectivity index (χ1n) is 8.26. The van der Waals surface area contributed by atoms with Crippen LogP contribution in [0.5, 0.6) is 17.2 Å². The van der Waals surface area contributed by atoms with E-state index in [4.69, 9.17) is 14.2 Å². The van der Waals surface area contributed by atoms with Crippen LogP contribution in [-0.4, -0.2) is 39.1 Å². The Kier molecular flexibility index (Phi) is 4.33. The van der Waals surface area contributed by atoms with E-state index in [9.17, 15) is 4.79 Å². The quantitative estimate of drug-likeness (QED) is 0.736. The Morgan fingerprint density at radius 3 is 2.85 bits per heavy atom. The first-order valence-corrected chi connectivity index (χ1v) is 8.26. The normalized spacial score (nSPS) is 12.1. The van der Waals surface area contributed by atoms with Crippen molar-refractivity contribution in [3.8, 4) is 23.1 Å². The Balaban J connectivity index is 1.39. The van der Waals surface area contributed by atoms with Crippen molar-refractivity contribution in [1.82, 2.24) is 19.7 Å². The van der Waals surface area contributed by atoms with Crippen LogP contribution in [0.4, 0.5) is 5.82 Å². The number of aryl methyl sites for hydroxylation is 2. The van der Waals surface area contributed by atoms with Crippen LogP contribution < -0.4 is 19.5 Å². The topological polar surface area (TPSA) is 100 Å². The number of aromatic nitrogens is 4. The molecule has 27 heavy (non-hydrogen) atoms. The molecule has 0 fully saturated rings. The summed E-state index contributed by atoms with van der Waals surface area (Å²) in [5.41, 5.74) is 1.82. The zero-order valence-corrected chi connectivity index (χ0v) is 14.8. The van der Waals surface area contributed by atoms with Crippen molar-refractivity contribution >= 4 is 11.7 Å². The minimum absolute atomic E-state index is 0.168. The lowest BCUT2D eigenvalue weighted by atomic mass is 10.3. The third kappa shape index (κ3) is 3.66. The van der Waals surface area contributed by atoms with Gasteiger partial charge in [0.25, 0.3) is 5.91 Å². The molecular weight excluding hydrogens is 350 g/mol. The molecule has 0 bridgehead atoms. The van der Waals surface area contributed by atoms with Crippen molar-refractivity contribution in [2.45, 2.75) is 13.8 Å². The number of nitrogens with zero attached hydrogens (tertiary/aromatic N) is 4. The lowest BCUT2D eigenvalue weighted by Crippen LogP contribution is -2.21. The van der Waals surface area contributed by atoms with Gasteiger partial charge in [0.05, 0.1) is 5.69 Å². The molecule has 0 atom stereocenters. The Hall–Kier alpha value is -3.62. The molecule has 3 heterocycles. The summed E-state index contributed by atoms with van der Waals surface area (Å²) in [4.78, 5) is 20.4. The van der Waals surface area contributed by atoms with Crippen LogP contribution in [0.1, 0.15) is 11.4 Å². The molecule has 2 aromatic heterocycles. The van der Waals surface area contributed by atoms with Gasteiger partial charge in [0.2, 0.25) is 6.79 Å². The molecule has 0 saturated heterocycles. The zero-order chi connectivity index (χ0) is 18.8. The van der Waals surface area contributed by atoms with Crippen LogP contribution in [-0.2, 0) is 4.79 Å². The van der Waals surface area contributed by atoms with Gasteiger partial charge in [0, 0.05) is 17.8 Å². The monoisotopic (exact) mass is 367 g/mol. The summed E-state index contributed by atoms with van der Waals surface area (Å²) in [5.74, 6) is 2.36. The Morgan fingerprint density at radius 1 is 1.19 bits per heavy atom. The molecule has 9 heteroatoms. The second-order valence-corrected chi connectivity index (χ2v) is 5.95. The highest BCUT2D eigenvalue weighted by molar-refractivity contribution is 5.91. The average molecular weight is 367 g/mol. The van der Waals surface area contributed by atoms with Crippen LogP contribution in [0.15, 0.2) is 36.7 Å². The van der Waals surface area contributed by atoms with Crippen molar-refractivity contribution in [3.05, 3.63) is 48.0 Å². The summed E-state index contributed by atoms with van der Waals surface area (Å²) in [6.07, 6.45) is 1.38. The van der Waals surface area contributed by atoms with Gasteiger partial charge in [0.15, 0.2) is 23.9 Å². The van der Waals surface area contributed by atoms with Gasteiger partial charge in [-0.3, -0.25) is 4.79 Å². The highest BCUT2D eigenvalue weighted by atomic mass is 16.7. The fraction of sp³-hybridized carbons (Fsp3) is 0.222. The van der Waals surface area contributed by atoms with E-state index in [1.165, 1.54) is 6.33 Å². The molecule has 0 aliphatic carbocycles. The lowest BCUT2D eigenvalue weighted by Gasteiger charge is -2.09. The molecule has 1 N–H and O–H groups in total. The van der Waals surface area contributed by atoms with Gasteiger partial charge in [-0.05, 0) is 32.0 Å². The maximum atomic E-state index is 12.2. The third-order valence-electron chi connectivity index (χ3n) is 3.86. The molecule has 0 spiro atoms. The maximum absolute atomic E-state index is 12.2. The smallest absolute Gasteiger partial charge is 0.263 e. The summed E-state index contributed by atoms with van der Waals surface area (Å²) in [6.45, 7) is 3.85. The number of amides is 1. The van der Waals surface area contributed by atoms with Crippen LogP contribution in [0.25, 0.3) is 5.82 Å². The zero-order valence-electron chi connectivity index (χ0n) is 14.8. The second-order valence-electron chi connectivity index (χ2n) is 5.95. The first-order chi connectivity index (χ1) is 13.1. The van der Waals surface area contributed by atoms with Gasteiger partial charge in [-0.1, -0.05) is 0 Å². The molecule has 1 aliphatic rings. The van der Waals surface area contributed by atoms with Crippen molar-refractivity contribution in [1.29, 1.82) is 0 Å². The van der Waals surface area contributed by atoms with Crippen LogP contribution in [0.3, 0.4) is 0 Å². The molecule has 1 aromatic carbocycles. The van der Waals surface area contributed by atoms with Crippen molar-refractivity contribution < 1.29 is 19.0 Å². The van der Waals surface area contributed by atoms with Crippen LogP contribution in [0, 0.1) is 13.8 Å². The summed E-state index contributed by atoms with van der Waals surface area (Å²) in [7, 11) is 0. The van der Waals surface area contributed by atoms with Gasteiger partial charge < -0.3 is 19.5 Å². The summed E-state index contributed by atoms with van der Waals surface area (Å²) in [6, 6.07) is 8.73. The van der Waals surface area contributed by atoms with E-state index < -0.39 is 0 Å². The van der Waals surface area contributed by atoms with Gasteiger partial charge in [-0.15, -0.1) is 0 Å². The summed E-state index contributed by atoms with van der Waals surface area (Å²) < 4.78 is 17.7. The van der Waals surface area contributed by atoms with E-state index in [-0.39, 0.29) is 19.3 Å². The number of anilines is 1. The maximum Gasteiger partial charge on any atom is 0.263 e. The molecule has 0 unspecified atom stereocenters. The summed E-state index contributed by atoms with van der Waals surface area (Å²) in [5, 5.41) is 7.06. The van der Waals surface area contributed by atoms with E-state index in [1.807, 2.05) is 19.9 Å². The highest BCUT2D eigenvalue weighted by Gasteiger charge is 2.14. The Morgan fingerprint density at radius 2 is 2.04 bits per heavy atom. The van der Waals surface area contributed by atoms with Crippen molar-refractivity contribution in [2.24, 2.45) is 0 Å². The minimum Gasteiger partial charge on any atom is -0.484 e. The molecule has 1 amide bonds. The third-order valence-corrected chi connectivity index (χ3v) is 3.86. The number of fused-ring (bicyclic) bond motifs is 1. The fourth-order valence-corrected chi connectivity index (χ4v) is 2.69. The number of hydrogen-bond donors (Lipinski definition) is 1. The van der Waals surface area contributed by atoms with E-state index in [2.05, 4.69) is 20.4 Å². The SMILES string of the molecule is Cc1cc(C)n(-c2cc(NC(=O)COc3ccc4c(c3)OCO4)ncn2)n1. The van der Waals surface area contributed by atoms with Gasteiger partial charge in [-0.2, -0.15) is 5.10 Å². The predicted molar refractivity (Wildman–Crippen MR) is 95.3 cm³/mol. The molecule has 9 nitrogen and oxygen atoms in total. The molecule has 3 aromatic rings. The Bertz CT molecular complexity index is 1000. The molecular formula is C18H17N5O4. The largest absolute Gasteiger partial charge is 0.484 e. The number of hydrogen-bond acceptors (Lipinski definition) is 7. The lowest BCUT2D eigenvalue weighted by molar-refractivity contribution is -0.118. The number of carbonyl (C=O) groups excluding carboxylic acids is 1. The van der Waals surface area contributed by atoms with Crippen LogP contribution >= 0.6 is 0 Å². The molecule has 0 saturated carbocycles. The number of rotatable bonds is 5. The molecule has 138 valence electrons. The average Bonchev–Trinajstić information content (AvgIpc) is 3.25. The van der Waals surface area contributed by atoms with E-state index in [0.29, 0.717) is 28.9 Å². The minimum atomic E-state index is -0.342. The first kappa shape index (κ1) is 16.8. The standard InChI is InChI=1S/C18H17N5O4/c1-11-5-12(2)23(22-11)17-7-16(19-9-20-17)21-18(24)8-25-13-3-4-14-15(6-13)27-10-26-14/h3-7,9H,8,10H2,1-2H3,(H,19,20,21,24). The Labute approximate surface area is 154 Å². The fourth-order valence-electron chi connectivity index (χ4n) is 2.69. The molecule has 4 rings (SSSR count). The van der Waals surface area contributed by atoms with Gasteiger partial charge in [0.1, 0.15) is 17.9 Å². The van der Waals surface area contributed by atoms with E-state index in [1.54, 1.807) is 28.9 Å². The number of benzene rings is 1. The van der Waals surface area contributed by atoms with Crippen molar-refractivity contribution in [3.63, 3.8) is 0 Å². The van der Waals surface area contributed by atoms with Gasteiger partial charge >= 0.3 is 0 Å². The van der Waals surface area contributed by atoms with Crippen LogP contribution in [0.2, 0.25) is 0 Å². The number of nitrogens with one attached hydrogen (secondary N) is 1. The van der Waals surface area contributed by atoms with E-state index in [0.717, 1.165) is 11.4 Å². The molecule has 0 radical (unpaired) electrons. The predicted octanol–water partition coefficient (Wildman–Crippen LogP) is 2.03. The number of carbonyl (C=O) groups is 1.